The van der Waals surface area contributed by atoms with Gasteiger partial charge in [0.25, 0.3) is 5.56 Å². The zero-order chi connectivity index (χ0) is 21.0. The first-order chi connectivity index (χ1) is 14.5. The summed E-state index contributed by atoms with van der Waals surface area (Å²) in [6, 6.07) is -0.551. The summed E-state index contributed by atoms with van der Waals surface area (Å²) in [4.78, 5) is 22.0. The molecule has 0 aromatic carbocycles. The molecule has 0 saturated carbocycles. The van der Waals surface area contributed by atoms with E-state index in [4.69, 9.17) is 9.47 Å². The average Bonchev–Trinajstić information content (AvgIpc) is 3.46. The number of hydrogen-bond acceptors (Lipinski definition) is 9. The number of aromatic nitrogens is 4. The van der Waals surface area contributed by atoms with Crippen LogP contribution >= 0.6 is 0 Å². The fraction of sp³-hybridized carbons (Fsp3) is 0.737. The number of fused-ring (bicyclic) bond motifs is 4. The van der Waals surface area contributed by atoms with E-state index >= 15 is 0 Å². The highest BCUT2D eigenvalue weighted by Gasteiger charge is 2.50. The molecular weight excluding hydrogens is 394 g/mol. The van der Waals surface area contributed by atoms with Gasteiger partial charge in [0, 0.05) is 6.42 Å². The second kappa shape index (κ2) is 7.57. The maximum absolute atomic E-state index is 13.2. The van der Waals surface area contributed by atoms with Gasteiger partial charge >= 0.3 is 0 Å². The Bertz CT molecular complexity index is 992. The maximum atomic E-state index is 13.2. The quantitative estimate of drug-likeness (QED) is 0.469. The number of hydrogen-bond donors (Lipinski definition) is 4. The Morgan fingerprint density at radius 3 is 2.83 bits per heavy atom. The fourth-order valence-electron chi connectivity index (χ4n) is 4.74. The van der Waals surface area contributed by atoms with Crippen molar-refractivity contribution in [3.63, 3.8) is 0 Å². The highest BCUT2D eigenvalue weighted by atomic mass is 16.5. The number of unbranched alkanes of at least 4 members (excludes halogenated alkanes) is 2. The molecular formula is C19H27N5O6. The van der Waals surface area contributed by atoms with Crippen LogP contribution in [0.2, 0.25) is 0 Å². The highest BCUT2D eigenvalue weighted by molar-refractivity contribution is 5.72. The van der Waals surface area contributed by atoms with Crippen molar-refractivity contribution in [2.45, 2.75) is 81.9 Å². The lowest BCUT2D eigenvalue weighted by molar-refractivity contribution is -0.0432. The molecule has 5 heterocycles. The third-order valence-electron chi connectivity index (χ3n) is 6.35. The normalized spacial score (nSPS) is 35.0. The van der Waals surface area contributed by atoms with E-state index in [2.05, 4.69) is 22.2 Å². The molecule has 2 aromatic rings. The third-order valence-corrected chi connectivity index (χ3v) is 6.35. The molecule has 2 saturated heterocycles. The van der Waals surface area contributed by atoms with E-state index in [0.29, 0.717) is 11.6 Å². The summed E-state index contributed by atoms with van der Waals surface area (Å²) in [6.07, 6.45) is 1.85. The van der Waals surface area contributed by atoms with Crippen LogP contribution in [-0.4, -0.2) is 71.7 Å². The third kappa shape index (κ3) is 2.95. The molecule has 0 unspecified atom stereocenters. The lowest BCUT2D eigenvalue weighted by Gasteiger charge is -2.18. The Hall–Kier alpha value is -2.05. The molecule has 7 atom stereocenters. The molecule has 4 N–H and O–H groups in total. The van der Waals surface area contributed by atoms with Crippen LogP contribution in [0.25, 0.3) is 11.2 Å². The van der Waals surface area contributed by atoms with Crippen molar-refractivity contribution in [2.75, 3.05) is 11.9 Å². The van der Waals surface area contributed by atoms with Gasteiger partial charge in [-0.1, -0.05) is 26.2 Å². The van der Waals surface area contributed by atoms with Gasteiger partial charge in [0.05, 0.1) is 25.1 Å². The molecule has 11 heteroatoms. The summed E-state index contributed by atoms with van der Waals surface area (Å²) in [5.41, 5.74) is 0.125. The van der Waals surface area contributed by atoms with E-state index in [9.17, 15) is 20.1 Å². The van der Waals surface area contributed by atoms with Crippen LogP contribution in [0, 0.1) is 0 Å². The molecule has 0 amide bonds. The van der Waals surface area contributed by atoms with Crippen LogP contribution in [0.3, 0.4) is 0 Å². The van der Waals surface area contributed by atoms with Crippen molar-refractivity contribution in [3.05, 3.63) is 16.7 Å². The molecule has 0 aliphatic carbocycles. The van der Waals surface area contributed by atoms with E-state index in [-0.39, 0.29) is 30.2 Å². The zero-order valence-corrected chi connectivity index (χ0v) is 16.7. The van der Waals surface area contributed by atoms with Crippen LogP contribution in [0.1, 0.15) is 51.3 Å². The van der Waals surface area contributed by atoms with E-state index in [0.717, 1.165) is 25.7 Å². The summed E-state index contributed by atoms with van der Waals surface area (Å²) >= 11 is 0. The van der Waals surface area contributed by atoms with Crippen molar-refractivity contribution in [3.8, 4) is 0 Å². The van der Waals surface area contributed by atoms with Crippen molar-refractivity contribution < 1.29 is 24.8 Å². The van der Waals surface area contributed by atoms with E-state index in [1.165, 1.54) is 10.9 Å². The molecule has 0 radical (unpaired) electrons. The highest BCUT2D eigenvalue weighted by Crippen LogP contribution is 2.39. The van der Waals surface area contributed by atoms with Crippen molar-refractivity contribution in [1.82, 2.24) is 19.1 Å². The predicted molar refractivity (Wildman–Crippen MR) is 105 cm³/mol. The summed E-state index contributed by atoms with van der Waals surface area (Å²) in [5.74, 6) is 0.313. The molecule has 2 aromatic heterocycles. The number of aliphatic hydroxyl groups excluding tert-OH is 3. The second-order valence-electron chi connectivity index (χ2n) is 8.27. The van der Waals surface area contributed by atoms with Crippen LogP contribution in [0.15, 0.2) is 11.1 Å². The van der Waals surface area contributed by atoms with E-state index in [1.807, 2.05) is 0 Å². The Morgan fingerprint density at radius 2 is 2.10 bits per heavy atom. The minimum Gasteiger partial charge on any atom is -0.394 e. The first-order valence-electron chi connectivity index (χ1n) is 10.6. The second-order valence-corrected chi connectivity index (χ2v) is 8.27. The summed E-state index contributed by atoms with van der Waals surface area (Å²) in [5, 5.41) is 33.3. The van der Waals surface area contributed by atoms with Crippen molar-refractivity contribution >= 4 is 17.1 Å². The summed E-state index contributed by atoms with van der Waals surface area (Å²) in [7, 11) is 0. The van der Waals surface area contributed by atoms with Crippen LogP contribution < -0.4 is 10.9 Å². The lowest BCUT2D eigenvalue weighted by Crippen LogP contribution is -2.33. The molecule has 3 aliphatic rings. The van der Waals surface area contributed by atoms with Crippen LogP contribution in [0.4, 0.5) is 5.95 Å². The predicted octanol–water partition coefficient (Wildman–Crippen LogP) is -0.134. The van der Waals surface area contributed by atoms with Crippen molar-refractivity contribution in [1.29, 1.82) is 0 Å². The molecule has 164 valence electrons. The first kappa shape index (κ1) is 19.9. The van der Waals surface area contributed by atoms with E-state index < -0.39 is 36.8 Å². The summed E-state index contributed by atoms with van der Waals surface area (Å²) < 4.78 is 14.7. The van der Waals surface area contributed by atoms with Crippen LogP contribution in [-0.2, 0) is 9.47 Å². The lowest BCUT2D eigenvalue weighted by atomic mass is 10.0. The first-order valence-corrected chi connectivity index (χ1v) is 10.6. The van der Waals surface area contributed by atoms with Gasteiger partial charge in [0.1, 0.15) is 24.5 Å². The molecule has 0 bridgehead atoms. The Balaban J connectivity index is 1.46. The molecule has 30 heavy (non-hydrogen) atoms. The molecule has 2 fully saturated rings. The number of rotatable bonds is 6. The van der Waals surface area contributed by atoms with Crippen LogP contribution in [0.5, 0.6) is 0 Å². The standard InChI is InChI=1S/C19H27N5O6/c1-2-3-4-5-10-15(27)14-17(30-10)22-19-21-16-13(18(28)24(14)19)20-8-23(16)12-6-9(26)11(7-25)29-12/h8-12,14-15,17,25-27H,2-7H2,1H3,(H,21,22)/t9-,10-,11+,12+,14+,15-,17-/m0/s1. The smallest absolute Gasteiger partial charge is 0.283 e. The molecule has 11 nitrogen and oxygen atoms in total. The van der Waals surface area contributed by atoms with Gasteiger partial charge in [-0.3, -0.25) is 13.9 Å². The van der Waals surface area contributed by atoms with Gasteiger partial charge in [-0.2, -0.15) is 4.98 Å². The van der Waals surface area contributed by atoms with Gasteiger partial charge in [-0.25, -0.2) is 4.98 Å². The molecule has 0 spiro atoms. The number of nitrogens with one attached hydrogen (secondary N) is 1. The van der Waals surface area contributed by atoms with E-state index in [1.54, 1.807) is 4.57 Å². The minimum atomic E-state index is -0.807. The number of ether oxygens (including phenoxy) is 2. The summed E-state index contributed by atoms with van der Waals surface area (Å²) in [6.45, 7) is 1.82. The van der Waals surface area contributed by atoms with Gasteiger partial charge in [-0.05, 0) is 6.42 Å². The largest absolute Gasteiger partial charge is 0.394 e. The topological polar surface area (TPSA) is 144 Å². The Kier molecular flexibility index (Phi) is 5.02. The fourth-order valence-corrected chi connectivity index (χ4v) is 4.74. The number of imidazole rings is 1. The number of aliphatic hydroxyl groups is 3. The molecule has 5 rings (SSSR count). The number of anilines is 1. The maximum Gasteiger partial charge on any atom is 0.283 e. The Labute approximate surface area is 172 Å². The SMILES string of the molecule is CCCCC[C@@H]1O[C@@H]2Nc3nc4c(ncn4[C@H]4C[C@H](O)[C@@H](CO)O4)c(=O)n3[C@@H]2[C@H]1O. The number of nitrogens with zero attached hydrogens (tertiary/aromatic N) is 4. The monoisotopic (exact) mass is 421 g/mol. The van der Waals surface area contributed by atoms with Gasteiger partial charge < -0.3 is 30.1 Å². The zero-order valence-electron chi connectivity index (χ0n) is 16.7. The minimum absolute atomic E-state index is 0.161. The van der Waals surface area contributed by atoms with Gasteiger partial charge in [-0.15, -0.1) is 0 Å². The van der Waals surface area contributed by atoms with Crippen molar-refractivity contribution in [2.24, 2.45) is 0 Å². The van der Waals surface area contributed by atoms with Gasteiger partial charge in [0.2, 0.25) is 5.95 Å². The average molecular weight is 421 g/mol. The molecule has 3 aliphatic heterocycles. The van der Waals surface area contributed by atoms with Gasteiger partial charge in [0.15, 0.2) is 17.4 Å². The Morgan fingerprint density at radius 1 is 1.27 bits per heavy atom.